The van der Waals surface area contributed by atoms with Crippen molar-refractivity contribution in [3.63, 3.8) is 0 Å². The van der Waals surface area contributed by atoms with E-state index in [1.807, 2.05) is 14.0 Å². The number of carbonyl (C=O) groups is 1. The van der Waals surface area contributed by atoms with Crippen LogP contribution in [0.1, 0.15) is 50.4 Å². The Morgan fingerprint density at radius 1 is 1.32 bits per heavy atom. The number of carbonyl (C=O) groups excluding carboxylic acids is 1. The van der Waals surface area contributed by atoms with Gasteiger partial charge in [0.2, 0.25) is 0 Å². The summed E-state index contributed by atoms with van der Waals surface area (Å²) in [7, 11) is 1.84. The molecule has 0 saturated carbocycles. The topological polar surface area (TPSA) is 60.9 Å². The van der Waals surface area contributed by atoms with Gasteiger partial charge in [-0.15, -0.1) is 0 Å². The fourth-order valence-electron chi connectivity index (χ4n) is 2.11. The van der Waals surface area contributed by atoms with Gasteiger partial charge in [0.15, 0.2) is 0 Å². The van der Waals surface area contributed by atoms with Gasteiger partial charge in [0.25, 0.3) is 0 Å². The molecule has 4 nitrogen and oxygen atoms in total. The van der Waals surface area contributed by atoms with Crippen molar-refractivity contribution in [2.24, 2.45) is 12.8 Å². The van der Waals surface area contributed by atoms with Gasteiger partial charge in [-0.1, -0.05) is 31.4 Å². The zero-order valence-electron chi connectivity index (χ0n) is 11.9. The average molecular weight is 286 g/mol. The summed E-state index contributed by atoms with van der Waals surface area (Å²) in [6.07, 6.45) is 5.96. The molecule has 19 heavy (non-hydrogen) atoms. The van der Waals surface area contributed by atoms with E-state index >= 15 is 0 Å². The number of nitrogens with two attached hydrogens (primary N) is 1. The molecule has 0 aliphatic rings. The highest BCUT2D eigenvalue weighted by atomic mass is 35.5. The second-order valence-electron chi connectivity index (χ2n) is 4.85. The molecule has 0 bridgehead atoms. The lowest BCUT2D eigenvalue weighted by Gasteiger charge is -2.03. The molecule has 0 fully saturated rings. The minimum Gasteiger partial charge on any atom is -0.330 e. The Balaban J connectivity index is 2.42. The maximum atomic E-state index is 11.9. The Bertz CT molecular complexity index is 415. The lowest BCUT2D eigenvalue weighted by molar-refractivity contribution is -0.118. The molecule has 0 amide bonds. The molecule has 0 aliphatic heterocycles. The molecule has 0 aliphatic carbocycles. The summed E-state index contributed by atoms with van der Waals surface area (Å²) < 4.78 is 1.73. The van der Waals surface area contributed by atoms with Crippen LogP contribution in [-0.4, -0.2) is 22.1 Å². The summed E-state index contributed by atoms with van der Waals surface area (Å²) in [4.78, 5) is 11.9. The van der Waals surface area contributed by atoms with Gasteiger partial charge in [-0.3, -0.25) is 9.48 Å². The summed E-state index contributed by atoms with van der Waals surface area (Å²) >= 11 is 6.23. The summed E-state index contributed by atoms with van der Waals surface area (Å²) in [5.41, 5.74) is 7.14. The van der Waals surface area contributed by atoms with Gasteiger partial charge in [0.05, 0.1) is 16.4 Å². The zero-order chi connectivity index (χ0) is 14.3. The number of unbranched alkanes of at least 4 members (excludes halogenated alkanes) is 3. The molecule has 5 heteroatoms. The smallest absolute Gasteiger partial charge is 0.138 e. The van der Waals surface area contributed by atoms with E-state index in [-0.39, 0.29) is 5.78 Å². The normalized spacial score (nSPS) is 10.9. The highest BCUT2D eigenvalue weighted by Crippen LogP contribution is 2.22. The van der Waals surface area contributed by atoms with Crippen LogP contribution in [0.4, 0.5) is 0 Å². The highest BCUT2D eigenvalue weighted by Gasteiger charge is 2.15. The van der Waals surface area contributed by atoms with E-state index in [1.54, 1.807) is 4.68 Å². The third kappa shape index (κ3) is 4.96. The van der Waals surface area contributed by atoms with Crippen molar-refractivity contribution in [3.8, 4) is 0 Å². The number of aromatic nitrogens is 2. The zero-order valence-corrected chi connectivity index (χ0v) is 12.7. The maximum Gasteiger partial charge on any atom is 0.138 e. The van der Waals surface area contributed by atoms with Crippen molar-refractivity contribution in [2.45, 2.75) is 51.9 Å². The predicted octanol–water partition coefficient (Wildman–Crippen LogP) is 2.66. The van der Waals surface area contributed by atoms with Crippen LogP contribution in [0.15, 0.2) is 0 Å². The first-order valence-electron chi connectivity index (χ1n) is 7.02. The van der Waals surface area contributed by atoms with E-state index in [1.165, 1.54) is 0 Å². The van der Waals surface area contributed by atoms with Gasteiger partial charge < -0.3 is 5.73 Å². The molecular weight excluding hydrogens is 262 g/mol. The van der Waals surface area contributed by atoms with Crippen molar-refractivity contribution >= 4 is 17.4 Å². The van der Waals surface area contributed by atoms with Crippen LogP contribution < -0.4 is 5.73 Å². The van der Waals surface area contributed by atoms with E-state index in [0.717, 1.165) is 50.0 Å². The van der Waals surface area contributed by atoms with Crippen LogP contribution in [0.5, 0.6) is 0 Å². The fourth-order valence-corrected chi connectivity index (χ4v) is 2.47. The first-order chi connectivity index (χ1) is 9.10. The molecule has 1 aromatic rings. The number of rotatable bonds is 9. The van der Waals surface area contributed by atoms with Crippen molar-refractivity contribution in [3.05, 3.63) is 16.4 Å². The van der Waals surface area contributed by atoms with Crippen molar-refractivity contribution in [1.29, 1.82) is 0 Å². The fraction of sp³-hybridized carbons (Fsp3) is 0.714. The number of ketones is 1. The van der Waals surface area contributed by atoms with E-state index in [2.05, 4.69) is 5.10 Å². The molecule has 0 spiro atoms. The van der Waals surface area contributed by atoms with Crippen LogP contribution in [0.2, 0.25) is 5.02 Å². The SMILES string of the molecule is CCc1nn(C)c(CC(=O)CCCCCCN)c1Cl. The van der Waals surface area contributed by atoms with E-state index in [9.17, 15) is 4.79 Å². The molecule has 0 atom stereocenters. The van der Waals surface area contributed by atoms with Crippen molar-refractivity contribution in [2.75, 3.05) is 6.54 Å². The third-order valence-corrected chi connectivity index (χ3v) is 3.71. The number of aryl methyl sites for hydroxylation is 2. The first-order valence-corrected chi connectivity index (χ1v) is 7.40. The van der Waals surface area contributed by atoms with Gasteiger partial charge in [-0.2, -0.15) is 5.10 Å². The molecular formula is C14H24ClN3O. The second kappa shape index (κ2) is 8.33. The van der Waals surface area contributed by atoms with Gasteiger partial charge >= 0.3 is 0 Å². The molecule has 0 radical (unpaired) electrons. The number of nitrogens with zero attached hydrogens (tertiary/aromatic N) is 2. The van der Waals surface area contributed by atoms with Crippen LogP contribution >= 0.6 is 11.6 Å². The number of hydrogen-bond acceptors (Lipinski definition) is 3. The lowest BCUT2D eigenvalue weighted by Crippen LogP contribution is -2.08. The van der Waals surface area contributed by atoms with E-state index in [4.69, 9.17) is 17.3 Å². The molecule has 0 aromatic carbocycles. The Kier molecular flexibility index (Phi) is 7.10. The molecule has 2 N–H and O–H groups in total. The van der Waals surface area contributed by atoms with Crippen LogP contribution in [-0.2, 0) is 24.7 Å². The standard InChI is InChI=1S/C14H24ClN3O/c1-3-12-14(15)13(18(2)17-12)10-11(19)8-6-4-5-7-9-16/h3-10,16H2,1-2H3. The van der Waals surface area contributed by atoms with Crippen LogP contribution in [0.25, 0.3) is 0 Å². The minimum atomic E-state index is 0.236. The van der Waals surface area contributed by atoms with Crippen molar-refractivity contribution < 1.29 is 4.79 Å². The number of hydrogen-bond donors (Lipinski definition) is 1. The largest absolute Gasteiger partial charge is 0.330 e. The molecule has 0 saturated heterocycles. The predicted molar refractivity (Wildman–Crippen MR) is 78.4 cm³/mol. The van der Waals surface area contributed by atoms with Gasteiger partial charge in [0.1, 0.15) is 5.78 Å². The summed E-state index contributed by atoms with van der Waals surface area (Å²) in [5, 5.41) is 4.98. The van der Waals surface area contributed by atoms with E-state index in [0.29, 0.717) is 17.9 Å². The third-order valence-electron chi connectivity index (χ3n) is 3.28. The molecule has 1 heterocycles. The second-order valence-corrected chi connectivity index (χ2v) is 5.23. The Morgan fingerprint density at radius 2 is 2.00 bits per heavy atom. The minimum absolute atomic E-state index is 0.236. The van der Waals surface area contributed by atoms with Crippen molar-refractivity contribution in [1.82, 2.24) is 9.78 Å². The Hall–Kier alpha value is -0.870. The van der Waals surface area contributed by atoms with Gasteiger partial charge in [0, 0.05) is 19.9 Å². The molecule has 0 unspecified atom stereocenters. The summed E-state index contributed by atoms with van der Waals surface area (Å²) in [5.74, 6) is 0.236. The van der Waals surface area contributed by atoms with Gasteiger partial charge in [-0.05, 0) is 25.8 Å². The first kappa shape index (κ1) is 16.2. The number of halogens is 1. The molecule has 108 valence electrons. The van der Waals surface area contributed by atoms with Crippen LogP contribution in [0.3, 0.4) is 0 Å². The highest BCUT2D eigenvalue weighted by molar-refractivity contribution is 6.32. The monoisotopic (exact) mass is 285 g/mol. The summed E-state index contributed by atoms with van der Waals surface area (Å²) in [6.45, 7) is 2.75. The summed E-state index contributed by atoms with van der Waals surface area (Å²) in [6, 6.07) is 0. The Labute approximate surface area is 120 Å². The maximum absolute atomic E-state index is 11.9. The lowest BCUT2D eigenvalue weighted by atomic mass is 10.1. The quantitative estimate of drug-likeness (QED) is 0.710. The Morgan fingerprint density at radius 3 is 2.58 bits per heavy atom. The van der Waals surface area contributed by atoms with E-state index < -0.39 is 0 Å². The van der Waals surface area contributed by atoms with Gasteiger partial charge in [-0.25, -0.2) is 0 Å². The number of Topliss-reactive ketones (excluding diaryl/α,β-unsaturated/α-hetero) is 1. The molecule has 1 aromatic heterocycles. The van der Waals surface area contributed by atoms with Crippen LogP contribution in [0, 0.1) is 0 Å². The molecule has 1 rings (SSSR count). The average Bonchev–Trinajstić information content (AvgIpc) is 2.66.